The molecule has 0 heterocycles. The van der Waals surface area contributed by atoms with Crippen molar-refractivity contribution in [2.45, 2.75) is 6.04 Å². The van der Waals surface area contributed by atoms with E-state index in [1.54, 1.807) is 0 Å². The van der Waals surface area contributed by atoms with E-state index in [-0.39, 0.29) is 6.04 Å². The number of rotatable bonds is 4. The van der Waals surface area contributed by atoms with Crippen molar-refractivity contribution in [1.29, 1.82) is 0 Å². The summed E-state index contributed by atoms with van der Waals surface area (Å²) in [5, 5.41) is 6.25. The Morgan fingerprint density at radius 3 is 2.57 bits per heavy atom. The van der Waals surface area contributed by atoms with Gasteiger partial charge in [-0.1, -0.05) is 42.5 Å². The summed E-state index contributed by atoms with van der Waals surface area (Å²) in [5.74, 6) is 0. The minimum Gasteiger partial charge on any atom is -0.369 e. The number of hydrogen-bond acceptors (Lipinski definition) is 2. The van der Waals surface area contributed by atoms with Gasteiger partial charge in [-0.25, -0.2) is 0 Å². The molecule has 1 rings (SSSR count). The Balaban J connectivity index is 2.58. The minimum absolute atomic E-state index is 0.265. The van der Waals surface area contributed by atoms with Crippen molar-refractivity contribution in [3.8, 4) is 0 Å². The summed E-state index contributed by atoms with van der Waals surface area (Å²) in [6.45, 7) is 0.753. The van der Waals surface area contributed by atoms with Crippen molar-refractivity contribution in [2.75, 3.05) is 13.6 Å². The van der Waals surface area contributed by atoms with E-state index < -0.39 is 0 Å². The van der Waals surface area contributed by atoms with Crippen LogP contribution in [-0.2, 0) is 0 Å². The molecular formula is C10H14N2S2. The molecule has 0 amide bonds. The van der Waals surface area contributed by atoms with Gasteiger partial charge in [-0.05, 0) is 12.6 Å². The van der Waals surface area contributed by atoms with Gasteiger partial charge in [0.05, 0.1) is 0 Å². The van der Waals surface area contributed by atoms with E-state index in [0.29, 0.717) is 4.32 Å². The fraction of sp³-hybridized carbons (Fsp3) is 0.300. The van der Waals surface area contributed by atoms with Crippen molar-refractivity contribution in [3.63, 3.8) is 0 Å². The zero-order chi connectivity index (χ0) is 10.4. The summed E-state index contributed by atoms with van der Waals surface area (Å²) in [6.07, 6.45) is 0. The largest absolute Gasteiger partial charge is 0.369 e. The predicted octanol–water partition coefficient (Wildman–Crippen LogP) is 1.75. The molecule has 0 saturated heterocycles. The fourth-order valence-corrected chi connectivity index (χ4v) is 1.44. The smallest absolute Gasteiger partial charge is 0.130 e. The highest BCUT2D eigenvalue weighted by Crippen LogP contribution is 2.10. The third kappa shape index (κ3) is 3.65. The van der Waals surface area contributed by atoms with Crippen LogP contribution in [0.3, 0.4) is 0 Å². The van der Waals surface area contributed by atoms with Crippen LogP contribution in [0.25, 0.3) is 0 Å². The SMILES string of the molecule is CNC(CNC(=S)S)c1ccccc1. The Hall–Kier alpha value is -0.580. The maximum absolute atomic E-state index is 4.84. The van der Waals surface area contributed by atoms with Gasteiger partial charge in [0.2, 0.25) is 0 Å². The minimum atomic E-state index is 0.265. The number of benzene rings is 1. The molecule has 2 nitrogen and oxygen atoms in total. The second-order valence-electron chi connectivity index (χ2n) is 2.94. The van der Waals surface area contributed by atoms with Crippen molar-refractivity contribution >= 4 is 29.2 Å². The number of hydrogen-bond donors (Lipinski definition) is 3. The van der Waals surface area contributed by atoms with Crippen molar-refractivity contribution in [2.24, 2.45) is 0 Å². The van der Waals surface area contributed by atoms with Crippen LogP contribution in [0.15, 0.2) is 30.3 Å². The van der Waals surface area contributed by atoms with Crippen molar-refractivity contribution < 1.29 is 0 Å². The van der Waals surface area contributed by atoms with Crippen LogP contribution in [0.2, 0.25) is 0 Å². The summed E-state index contributed by atoms with van der Waals surface area (Å²) in [5.41, 5.74) is 1.24. The molecule has 0 aliphatic rings. The Kier molecular flexibility index (Phi) is 4.93. The van der Waals surface area contributed by atoms with Gasteiger partial charge in [-0.15, -0.1) is 12.6 Å². The van der Waals surface area contributed by atoms with Gasteiger partial charge in [0.15, 0.2) is 0 Å². The molecule has 1 aromatic rings. The lowest BCUT2D eigenvalue weighted by atomic mass is 10.1. The second-order valence-corrected chi connectivity index (χ2v) is 4.10. The first-order chi connectivity index (χ1) is 6.74. The average molecular weight is 226 g/mol. The van der Waals surface area contributed by atoms with Gasteiger partial charge in [0.25, 0.3) is 0 Å². The van der Waals surface area contributed by atoms with Gasteiger partial charge < -0.3 is 10.6 Å². The van der Waals surface area contributed by atoms with Gasteiger partial charge >= 0.3 is 0 Å². The molecule has 14 heavy (non-hydrogen) atoms. The zero-order valence-corrected chi connectivity index (χ0v) is 9.74. The molecule has 0 spiro atoms. The molecule has 76 valence electrons. The topological polar surface area (TPSA) is 24.1 Å². The summed E-state index contributed by atoms with van der Waals surface area (Å²) in [6, 6.07) is 10.5. The number of nitrogens with one attached hydrogen (secondary N) is 2. The highest BCUT2D eigenvalue weighted by molar-refractivity contribution is 8.11. The van der Waals surface area contributed by atoms with Crippen LogP contribution in [0.4, 0.5) is 0 Å². The van der Waals surface area contributed by atoms with Crippen molar-refractivity contribution in [1.82, 2.24) is 10.6 Å². The fourth-order valence-electron chi connectivity index (χ4n) is 1.26. The molecular weight excluding hydrogens is 212 g/mol. The molecule has 0 fully saturated rings. The van der Waals surface area contributed by atoms with E-state index in [1.807, 2.05) is 25.2 Å². The van der Waals surface area contributed by atoms with Crippen molar-refractivity contribution in [3.05, 3.63) is 35.9 Å². The lowest BCUT2D eigenvalue weighted by Crippen LogP contribution is -2.30. The predicted molar refractivity (Wildman–Crippen MR) is 67.8 cm³/mol. The summed E-state index contributed by atoms with van der Waals surface area (Å²) in [7, 11) is 1.93. The number of thiol groups is 1. The first kappa shape index (κ1) is 11.5. The van der Waals surface area contributed by atoms with Crippen LogP contribution in [0.5, 0.6) is 0 Å². The molecule has 0 radical (unpaired) electrons. The third-order valence-electron chi connectivity index (χ3n) is 2.01. The Morgan fingerprint density at radius 1 is 1.43 bits per heavy atom. The zero-order valence-electron chi connectivity index (χ0n) is 8.03. The van der Waals surface area contributed by atoms with E-state index in [9.17, 15) is 0 Å². The van der Waals surface area contributed by atoms with Crippen LogP contribution in [0.1, 0.15) is 11.6 Å². The summed E-state index contributed by atoms with van der Waals surface area (Å²) in [4.78, 5) is 0. The van der Waals surface area contributed by atoms with Crippen LogP contribution in [0, 0.1) is 0 Å². The second kappa shape index (κ2) is 6.01. The summed E-state index contributed by atoms with van der Waals surface area (Å²) >= 11 is 8.85. The van der Waals surface area contributed by atoms with Crippen LogP contribution in [-0.4, -0.2) is 17.9 Å². The van der Waals surface area contributed by atoms with Gasteiger partial charge in [-0.3, -0.25) is 0 Å². The Labute approximate surface area is 95.5 Å². The van der Waals surface area contributed by atoms with Crippen LogP contribution < -0.4 is 10.6 Å². The molecule has 4 heteroatoms. The molecule has 0 bridgehead atoms. The van der Waals surface area contributed by atoms with E-state index in [1.165, 1.54) is 5.56 Å². The van der Waals surface area contributed by atoms with E-state index in [4.69, 9.17) is 12.2 Å². The third-order valence-corrected chi connectivity index (χ3v) is 2.31. The van der Waals surface area contributed by atoms with E-state index >= 15 is 0 Å². The molecule has 0 aliphatic heterocycles. The Morgan fingerprint density at radius 2 is 2.07 bits per heavy atom. The summed E-state index contributed by atoms with van der Waals surface area (Å²) < 4.78 is 0.529. The molecule has 1 aromatic carbocycles. The number of thiocarbonyl (C=S) groups is 1. The molecule has 1 atom stereocenters. The molecule has 1 unspecified atom stereocenters. The highest BCUT2D eigenvalue weighted by Gasteiger charge is 2.07. The van der Waals surface area contributed by atoms with Gasteiger partial charge in [0.1, 0.15) is 4.32 Å². The van der Waals surface area contributed by atoms with E-state index in [0.717, 1.165) is 6.54 Å². The number of likely N-dealkylation sites (N-methyl/N-ethyl adjacent to an activating group) is 1. The van der Waals surface area contributed by atoms with Gasteiger partial charge in [-0.2, -0.15) is 0 Å². The first-order valence-electron chi connectivity index (χ1n) is 4.43. The first-order valence-corrected chi connectivity index (χ1v) is 5.28. The quantitative estimate of drug-likeness (QED) is 0.538. The highest BCUT2D eigenvalue weighted by atomic mass is 32.1. The maximum atomic E-state index is 4.84. The monoisotopic (exact) mass is 226 g/mol. The molecule has 2 N–H and O–H groups in total. The maximum Gasteiger partial charge on any atom is 0.130 e. The molecule has 0 aliphatic carbocycles. The normalized spacial score (nSPS) is 12.1. The van der Waals surface area contributed by atoms with Crippen LogP contribution >= 0.6 is 24.8 Å². The Bertz CT molecular complexity index is 287. The lowest BCUT2D eigenvalue weighted by molar-refractivity contribution is 0.582. The average Bonchev–Trinajstić information content (AvgIpc) is 2.20. The lowest BCUT2D eigenvalue weighted by Gasteiger charge is -2.17. The molecule has 0 aromatic heterocycles. The van der Waals surface area contributed by atoms with Gasteiger partial charge in [0, 0.05) is 12.6 Å². The standard InChI is InChI=1S/C10H14N2S2/c1-11-9(7-12-10(13)14)8-5-3-2-4-6-8/h2-6,9,11H,7H2,1H3,(H2,12,13,14). The van der Waals surface area contributed by atoms with E-state index in [2.05, 4.69) is 35.4 Å². The molecule has 0 saturated carbocycles.